The highest BCUT2D eigenvalue weighted by atomic mass is 16.6. The van der Waals surface area contributed by atoms with E-state index in [2.05, 4.69) is 16.0 Å². The van der Waals surface area contributed by atoms with Crippen LogP contribution in [0.1, 0.15) is 58.2 Å². The Labute approximate surface area is 296 Å². The molecule has 3 aromatic carbocycles. The molecule has 11 heteroatoms. The maximum atomic E-state index is 14.0. The molecule has 0 aliphatic heterocycles. The van der Waals surface area contributed by atoms with Crippen LogP contribution in [0.3, 0.4) is 0 Å². The van der Waals surface area contributed by atoms with Crippen molar-refractivity contribution < 1.29 is 34.4 Å². The third-order valence-electron chi connectivity index (χ3n) is 8.08. The number of hydrogen-bond acceptors (Lipinski definition) is 7. The molecule has 0 bridgehead atoms. The molecule has 3 amide bonds. The molecule has 0 fully saturated rings. The zero-order valence-corrected chi connectivity index (χ0v) is 30.0. The van der Waals surface area contributed by atoms with Gasteiger partial charge in [-0.15, -0.1) is 0 Å². The fourth-order valence-electron chi connectivity index (χ4n) is 5.74. The van der Waals surface area contributed by atoms with E-state index in [0.29, 0.717) is 6.42 Å². The predicted molar refractivity (Wildman–Crippen MR) is 194 cm³/mol. The van der Waals surface area contributed by atoms with Crippen LogP contribution in [0, 0.1) is 5.41 Å². The van der Waals surface area contributed by atoms with Gasteiger partial charge in [-0.05, 0) is 55.7 Å². The number of benzene rings is 3. The van der Waals surface area contributed by atoms with E-state index in [9.17, 15) is 29.7 Å². The smallest absolute Gasteiger partial charge is 0.408 e. The number of nitrogens with zero attached hydrogens (tertiary/aromatic N) is 1. The Morgan fingerprint density at radius 3 is 1.50 bits per heavy atom. The zero-order valence-electron chi connectivity index (χ0n) is 30.0. The van der Waals surface area contributed by atoms with Crippen LogP contribution in [0.4, 0.5) is 9.59 Å². The highest BCUT2D eigenvalue weighted by molar-refractivity contribution is 5.86. The Kier molecular flexibility index (Phi) is 14.8. The van der Waals surface area contributed by atoms with Crippen molar-refractivity contribution in [3.8, 4) is 0 Å². The second-order valence-electron chi connectivity index (χ2n) is 14.7. The minimum absolute atomic E-state index is 0.00776. The first kappa shape index (κ1) is 40.0. The van der Waals surface area contributed by atoms with Gasteiger partial charge in [-0.25, -0.2) is 9.59 Å². The summed E-state index contributed by atoms with van der Waals surface area (Å²) in [5, 5.41) is 41.8. The molecule has 0 saturated heterocycles. The molecule has 11 nitrogen and oxygen atoms in total. The second-order valence-corrected chi connectivity index (χ2v) is 14.7. The molecule has 3 rings (SSSR count). The number of carbonyl (C=O) groups excluding carboxylic acids is 2. The molecular weight excluding hydrogens is 636 g/mol. The quantitative estimate of drug-likeness (QED) is 0.126. The second kappa shape index (κ2) is 18.5. The number of nitrogens with one attached hydrogen (secondary N) is 3. The standard InChI is InChI=1S/C39H54N4O7/c1-38(2,3)34(43(37(48)49)26-29-20-14-9-15-21-29)35(46)41-30(22-27-16-10-7-11-17-27)32(44)24-40-25-33(45)31(23-28-18-12-8-13-19-28)42-36(47)50-39(4,5)6/h7-21,30-34,40,44-45H,22-26H2,1-6H3,(H,41,46)(H,42,47)(H,48,49)/t30-,31-,32+,33+,34+/m0/s1. The molecule has 0 unspecified atom stereocenters. The lowest BCUT2D eigenvalue weighted by atomic mass is 9.84. The Bertz CT molecular complexity index is 1480. The topological polar surface area (TPSA) is 160 Å². The first-order valence-electron chi connectivity index (χ1n) is 17.0. The van der Waals surface area contributed by atoms with Gasteiger partial charge >= 0.3 is 12.2 Å². The van der Waals surface area contributed by atoms with Gasteiger partial charge < -0.3 is 36.0 Å². The maximum absolute atomic E-state index is 14.0. The average Bonchev–Trinajstić information content (AvgIpc) is 3.03. The lowest BCUT2D eigenvalue weighted by molar-refractivity contribution is -0.131. The van der Waals surface area contributed by atoms with Crippen LogP contribution in [-0.2, 0) is 28.9 Å². The zero-order chi connectivity index (χ0) is 36.9. The number of carbonyl (C=O) groups is 3. The van der Waals surface area contributed by atoms with Crippen molar-refractivity contribution in [3.05, 3.63) is 108 Å². The number of hydrogen-bond donors (Lipinski definition) is 6. The molecule has 0 radical (unpaired) electrons. The third kappa shape index (κ3) is 13.5. The Morgan fingerprint density at radius 2 is 1.10 bits per heavy atom. The fourth-order valence-corrected chi connectivity index (χ4v) is 5.74. The van der Waals surface area contributed by atoms with E-state index in [4.69, 9.17) is 4.74 Å². The number of aliphatic hydroxyl groups is 2. The van der Waals surface area contributed by atoms with E-state index in [-0.39, 0.29) is 26.1 Å². The summed E-state index contributed by atoms with van der Waals surface area (Å²) in [4.78, 5) is 40.4. The van der Waals surface area contributed by atoms with Gasteiger partial charge in [0.05, 0.1) is 24.3 Å². The van der Waals surface area contributed by atoms with Gasteiger partial charge in [-0.1, -0.05) is 112 Å². The molecular formula is C39H54N4O7. The summed E-state index contributed by atoms with van der Waals surface area (Å²) < 4.78 is 5.43. The van der Waals surface area contributed by atoms with Crippen molar-refractivity contribution in [1.82, 2.24) is 20.9 Å². The molecule has 6 N–H and O–H groups in total. The summed E-state index contributed by atoms with van der Waals surface area (Å²) >= 11 is 0. The largest absolute Gasteiger partial charge is 0.465 e. The van der Waals surface area contributed by atoms with E-state index in [1.807, 2.05) is 91.0 Å². The first-order valence-corrected chi connectivity index (χ1v) is 17.0. The third-order valence-corrected chi connectivity index (χ3v) is 8.08. The van der Waals surface area contributed by atoms with Crippen LogP contribution >= 0.6 is 0 Å². The number of aliphatic hydroxyl groups excluding tert-OH is 2. The van der Waals surface area contributed by atoms with E-state index < -0.39 is 59.4 Å². The highest BCUT2D eigenvalue weighted by Gasteiger charge is 2.40. The maximum Gasteiger partial charge on any atom is 0.408 e. The van der Waals surface area contributed by atoms with Crippen LogP contribution in [0.5, 0.6) is 0 Å². The van der Waals surface area contributed by atoms with E-state index in [0.717, 1.165) is 21.6 Å². The SMILES string of the molecule is CC(C)(C)OC(=O)N[C@@H](Cc1ccccc1)[C@H](O)CNC[C@@H](O)[C@H](Cc1ccccc1)NC(=O)[C@@H](N(Cc1ccccc1)C(=O)O)C(C)(C)C. The van der Waals surface area contributed by atoms with Gasteiger partial charge in [-0.3, -0.25) is 9.69 Å². The summed E-state index contributed by atoms with van der Waals surface area (Å²) in [5.74, 6) is -0.527. The monoisotopic (exact) mass is 690 g/mol. The summed E-state index contributed by atoms with van der Waals surface area (Å²) in [5.41, 5.74) is 1.02. The molecule has 50 heavy (non-hydrogen) atoms. The molecule has 5 atom stereocenters. The van der Waals surface area contributed by atoms with Gasteiger partial charge in [0.25, 0.3) is 0 Å². The molecule has 3 aromatic rings. The van der Waals surface area contributed by atoms with Crippen LogP contribution in [0.2, 0.25) is 0 Å². The van der Waals surface area contributed by atoms with Crippen molar-refractivity contribution >= 4 is 18.1 Å². The van der Waals surface area contributed by atoms with Crippen LogP contribution < -0.4 is 16.0 Å². The van der Waals surface area contributed by atoms with Crippen LogP contribution in [0.25, 0.3) is 0 Å². The molecule has 0 spiro atoms. The van der Waals surface area contributed by atoms with Crippen molar-refractivity contribution in [2.24, 2.45) is 5.41 Å². The molecule has 0 heterocycles. The molecule has 0 aliphatic carbocycles. The molecule has 272 valence electrons. The Hall–Kier alpha value is -4.45. The fraction of sp³-hybridized carbons (Fsp3) is 0.462. The number of rotatable bonds is 16. The van der Waals surface area contributed by atoms with Crippen molar-refractivity contribution in [2.75, 3.05) is 13.1 Å². The molecule has 0 aliphatic rings. The lowest BCUT2D eigenvalue weighted by Gasteiger charge is -2.39. The van der Waals surface area contributed by atoms with Gasteiger partial charge in [0, 0.05) is 19.6 Å². The Balaban J connectivity index is 1.76. The minimum Gasteiger partial charge on any atom is -0.465 e. The van der Waals surface area contributed by atoms with E-state index in [1.54, 1.807) is 41.5 Å². The Morgan fingerprint density at radius 1 is 0.680 bits per heavy atom. The summed E-state index contributed by atoms with van der Waals surface area (Å²) in [6, 6.07) is 25.3. The number of alkyl carbamates (subject to hydrolysis) is 1. The summed E-state index contributed by atoms with van der Waals surface area (Å²) in [6.45, 7) is 10.7. The van der Waals surface area contributed by atoms with Crippen molar-refractivity contribution in [1.29, 1.82) is 0 Å². The normalized spacial score (nSPS) is 14.8. The average molecular weight is 691 g/mol. The van der Waals surface area contributed by atoms with Crippen molar-refractivity contribution in [2.45, 2.75) is 96.9 Å². The van der Waals surface area contributed by atoms with Gasteiger partial charge in [0.15, 0.2) is 0 Å². The van der Waals surface area contributed by atoms with Crippen molar-refractivity contribution in [3.63, 3.8) is 0 Å². The highest BCUT2D eigenvalue weighted by Crippen LogP contribution is 2.27. The van der Waals surface area contributed by atoms with Gasteiger partial charge in [-0.2, -0.15) is 0 Å². The van der Waals surface area contributed by atoms with Crippen LogP contribution in [-0.4, -0.2) is 87.3 Å². The predicted octanol–water partition coefficient (Wildman–Crippen LogP) is 4.76. The first-order chi connectivity index (χ1) is 23.5. The summed E-state index contributed by atoms with van der Waals surface area (Å²) in [6.07, 6.45) is -3.44. The summed E-state index contributed by atoms with van der Waals surface area (Å²) in [7, 11) is 0. The number of carboxylic acid groups (broad SMARTS) is 1. The molecule has 0 aromatic heterocycles. The van der Waals surface area contributed by atoms with Gasteiger partial charge in [0.1, 0.15) is 11.6 Å². The van der Waals surface area contributed by atoms with E-state index in [1.165, 1.54) is 0 Å². The van der Waals surface area contributed by atoms with Crippen LogP contribution in [0.15, 0.2) is 91.0 Å². The number of ether oxygens (including phenoxy) is 1. The number of amides is 3. The molecule has 0 saturated carbocycles. The lowest BCUT2D eigenvalue weighted by Crippen LogP contribution is -2.59. The van der Waals surface area contributed by atoms with E-state index >= 15 is 0 Å². The van der Waals surface area contributed by atoms with Gasteiger partial charge in [0.2, 0.25) is 5.91 Å². The minimum atomic E-state index is -1.23.